The van der Waals surface area contributed by atoms with E-state index in [4.69, 9.17) is 0 Å². The Morgan fingerprint density at radius 2 is 1.82 bits per heavy atom. The van der Waals surface area contributed by atoms with Crippen LogP contribution in [0.4, 0.5) is 4.70 Å². The molecule has 0 amide bonds. The molecule has 0 aliphatic heterocycles. The summed E-state index contributed by atoms with van der Waals surface area (Å²) in [7, 11) is -3.19. The maximum absolute atomic E-state index is 10.8. The summed E-state index contributed by atoms with van der Waals surface area (Å²) in [6, 6.07) is 0. The monoisotopic (exact) mass is 186 g/mol. The van der Waals surface area contributed by atoms with Crippen LogP contribution in [0.3, 0.4) is 0 Å². The molecule has 11 heavy (non-hydrogen) atoms. The number of unbranched alkanes of at least 4 members (excludes halogenated alkanes) is 1. The lowest BCUT2D eigenvalue weighted by Gasteiger charge is -2.00. The Kier molecular flexibility index (Phi) is 7.99. The molecule has 0 heterocycles. The molecule has 70 valence electrons. The Morgan fingerprint density at radius 3 is 2.18 bits per heavy atom. The van der Waals surface area contributed by atoms with Crippen LogP contribution in [0.25, 0.3) is 0 Å². The highest BCUT2D eigenvalue weighted by Gasteiger charge is 2.07. The molecule has 0 aliphatic carbocycles. The Bertz CT molecular complexity index is 165. The molecule has 0 fully saturated rings. The van der Waals surface area contributed by atoms with Gasteiger partial charge >= 0.3 is 0 Å². The maximum Gasteiger partial charge on any atom is 0.267 e. The molecule has 0 aromatic carbocycles. The van der Waals surface area contributed by atoms with Gasteiger partial charge in [-0.3, -0.25) is 8.89 Å². The predicted molar refractivity (Wildman–Crippen MR) is 42.8 cm³/mol. The molecule has 0 aliphatic rings. The van der Waals surface area contributed by atoms with Crippen molar-refractivity contribution in [3.8, 4) is 0 Å². The average molecular weight is 186 g/mol. The van der Waals surface area contributed by atoms with Gasteiger partial charge in [-0.25, -0.2) is 0 Å². The molecule has 0 rings (SSSR count). The second kappa shape index (κ2) is 6.54. The summed E-state index contributed by atoms with van der Waals surface area (Å²) in [5.74, 6) is 0.150. The molecule has 0 spiro atoms. The van der Waals surface area contributed by atoms with E-state index in [9.17, 15) is 8.42 Å². The van der Waals surface area contributed by atoms with E-state index in [2.05, 4.69) is 4.18 Å². The minimum atomic E-state index is -3.19. The van der Waals surface area contributed by atoms with Crippen LogP contribution in [0.15, 0.2) is 0 Å². The summed E-state index contributed by atoms with van der Waals surface area (Å²) in [5.41, 5.74) is 0. The van der Waals surface area contributed by atoms with Crippen LogP contribution >= 0.6 is 0 Å². The third-order valence-corrected chi connectivity index (χ3v) is 2.43. The van der Waals surface area contributed by atoms with E-state index >= 15 is 0 Å². The Morgan fingerprint density at radius 1 is 1.27 bits per heavy atom. The number of hydrogen-bond donors (Lipinski definition) is 0. The molecule has 0 saturated heterocycles. The van der Waals surface area contributed by atoms with Gasteiger partial charge in [-0.2, -0.15) is 8.42 Å². The van der Waals surface area contributed by atoms with E-state index in [1.54, 1.807) is 6.92 Å². The number of hydrogen-bond acceptors (Lipinski definition) is 3. The van der Waals surface area contributed by atoms with E-state index in [0.29, 0.717) is 6.42 Å². The fourth-order valence-corrected chi connectivity index (χ4v) is 1.68. The first kappa shape index (κ1) is 13.4. The van der Waals surface area contributed by atoms with Gasteiger partial charge in [0.05, 0.1) is 12.4 Å². The third kappa shape index (κ3) is 7.74. The maximum atomic E-state index is 10.8. The molecule has 5 heteroatoms. The van der Waals surface area contributed by atoms with E-state index in [-0.39, 0.29) is 17.1 Å². The van der Waals surface area contributed by atoms with Gasteiger partial charge in [0.15, 0.2) is 0 Å². The summed E-state index contributed by atoms with van der Waals surface area (Å²) in [6.45, 7) is 3.86. The molecule has 0 atom stereocenters. The van der Waals surface area contributed by atoms with Crippen molar-refractivity contribution >= 4 is 10.1 Å². The largest absolute Gasteiger partial charge is 0.270 e. The van der Waals surface area contributed by atoms with Gasteiger partial charge in [0.1, 0.15) is 0 Å². The molecule has 0 bridgehead atoms. The molecule has 0 saturated carbocycles. The molecule has 3 nitrogen and oxygen atoms in total. The average Bonchev–Trinajstić information content (AvgIpc) is 1.84. The van der Waals surface area contributed by atoms with Crippen molar-refractivity contribution in [2.75, 3.05) is 12.4 Å². The first-order chi connectivity index (χ1) is 4.62. The summed E-state index contributed by atoms with van der Waals surface area (Å²) < 4.78 is 26.0. The minimum absolute atomic E-state index is 0. The molecule has 0 aromatic heterocycles. The summed E-state index contributed by atoms with van der Waals surface area (Å²) >= 11 is 0. The lowest BCUT2D eigenvalue weighted by molar-refractivity contribution is 0.337. The van der Waals surface area contributed by atoms with Crippen LogP contribution in [-0.2, 0) is 14.3 Å². The molecular weight excluding hydrogens is 171 g/mol. The van der Waals surface area contributed by atoms with Gasteiger partial charge in [0.25, 0.3) is 10.1 Å². The first-order valence-electron chi connectivity index (χ1n) is 3.49. The summed E-state index contributed by atoms with van der Waals surface area (Å²) in [6.07, 6.45) is 1.56. The number of rotatable bonds is 5. The Labute approximate surface area is 67.2 Å². The van der Waals surface area contributed by atoms with Crippen LogP contribution in [0.1, 0.15) is 26.7 Å². The van der Waals surface area contributed by atoms with Gasteiger partial charge in [0.2, 0.25) is 0 Å². The molecular formula is C6H15FO3S. The second-order valence-corrected chi connectivity index (χ2v) is 3.78. The molecule has 0 unspecified atom stereocenters. The normalized spacial score (nSPS) is 10.7. The lowest BCUT2D eigenvalue weighted by atomic mass is 10.4. The standard InChI is InChI=1S/C6H14O3S.FH/c1-3-5-6-10(7,8)9-4-2;/h3-6H2,1-2H3;1H. The zero-order valence-electron chi connectivity index (χ0n) is 6.87. The van der Waals surface area contributed by atoms with Crippen molar-refractivity contribution in [1.82, 2.24) is 0 Å². The topological polar surface area (TPSA) is 43.4 Å². The van der Waals surface area contributed by atoms with Gasteiger partial charge in [-0.05, 0) is 13.3 Å². The van der Waals surface area contributed by atoms with Crippen LogP contribution < -0.4 is 0 Å². The smallest absolute Gasteiger partial charge is 0.267 e. The van der Waals surface area contributed by atoms with E-state index in [1.165, 1.54) is 0 Å². The lowest BCUT2D eigenvalue weighted by Crippen LogP contribution is -2.09. The van der Waals surface area contributed by atoms with Crippen molar-refractivity contribution in [1.29, 1.82) is 0 Å². The summed E-state index contributed by atoms with van der Waals surface area (Å²) in [4.78, 5) is 0. The fourth-order valence-electron chi connectivity index (χ4n) is 0.560. The second-order valence-electron chi connectivity index (χ2n) is 2.02. The predicted octanol–water partition coefficient (Wildman–Crippen LogP) is 1.31. The van der Waals surface area contributed by atoms with Gasteiger partial charge in [-0.1, -0.05) is 13.3 Å². The van der Waals surface area contributed by atoms with Crippen molar-refractivity contribution in [2.45, 2.75) is 26.7 Å². The van der Waals surface area contributed by atoms with Crippen LogP contribution in [0, 0.1) is 0 Å². The highest BCUT2D eigenvalue weighted by molar-refractivity contribution is 7.86. The fraction of sp³-hybridized carbons (Fsp3) is 1.00. The molecule has 0 N–H and O–H groups in total. The van der Waals surface area contributed by atoms with Crippen LogP contribution in [0.5, 0.6) is 0 Å². The van der Waals surface area contributed by atoms with Crippen LogP contribution in [0.2, 0.25) is 0 Å². The van der Waals surface area contributed by atoms with E-state index in [0.717, 1.165) is 6.42 Å². The molecule has 0 radical (unpaired) electrons. The highest BCUT2D eigenvalue weighted by atomic mass is 32.2. The summed E-state index contributed by atoms with van der Waals surface area (Å²) in [5, 5.41) is 0. The quantitative estimate of drug-likeness (QED) is 0.608. The van der Waals surface area contributed by atoms with Crippen molar-refractivity contribution < 1.29 is 17.3 Å². The van der Waals surface area contributed by atoms with Crippen molar-refractivity contribution in [3.63, 3.8) is 0 Å². The zero-order valence-corrected chi connectivity index (χ0v) is 7.69. The molecule has 0 aromatic rings. The zero-order chi connectivity index (χ0) is 8.04. The third-order valence-electron chi connectivity index (χ3n) is 1.05. The van der Waals surface area contributed by atoms with E-state index < -0.39 is 10.1 Å². The Balaban J connectivity index is 0. The van der Waals surface area contributed by atoms with Gasteiger partial charge in [-0.15, -0.1) is 0 Å². The van der Waals surface area contributed by atoms with Crippen LogP contribution in [-0.4, -0.2) is 20.8 Å². The van der Waals surface area contributed by atoms with Crippen molar-refractivity contribution in [3.05, 3.63) is 0 Å². The SMILES string of the molecule is CCCCS(=O)(=O)OCC.F. The Hall–Kier alpha value is -0.160. The van der Waals surface area contributed by atoms with Gasteiger partial charge in [0, 0.05) is 0 Å². The van der Waals surface area contributed by atoms with Gasteiger partial charge < -0.3 is 0 Å². The number of halogens is 1. The van der Waals surface area contributed by atoms with Crippen molar-refractivity contribution in [2.24, 2.45) is 0 Å². The van der Waals surface area contributed by atoms with E-state index in [1.807, 2.05) is 6.92 Å². The minimum Gasteiger partial charge on any atom is -0.270 e. The highest BCUT2D eigenvalue weighted by Crippen LogP contribution is 1.97. The first-order valence-corrected chi connectivity index (χ1v) is 5.07.